The summed E-state index contributed by atoms with van der Waals surface area (Å²) in [7, 11) is 1.71. The Morgan fingerprint density at radius 1 is 1.08 bits per heavy atom. The quantitative estimate of drug-likeness (QED) is 0.461. The molecule has 0 unspecified atom stereocenters. The number of nitrogens with one attached hydrogen (secondary N) is 1. The minimum Gasteiger partial charge on any atom is -0.497 e. The lowest BCUT2D eigenvalue weighted by Gasteiger charge is -2.30. The summed E-state index contributed by atoms with van der Waals surface area (Å²) in [5.74, 6) is 0.848. The predicted molar refractivity (Wildman–Crippen MR) is 146 cm³/mol. The summed E-state index contributed by atoms with van der Waals surface area (Å²) in [6.07, 6.45) is 2.90. The number of morpholine rings is 1. The van der Waals surface area contributed by atoms with Crippen LogP contribution in [0.5, 0.6) is 5.75 Å². The van der Waals surface area contributed by atoms with E-state index < -0.39 is 0 Å². The Bertz CT molecular complexity index is 1190. The highest BCUT2D eigenvalue weighted by Crippen LogP contribution is 2.41. The predicted octanol–water partition coefficient (Wildman–Crippen LogP) is 4.19. The highest BCUT2D eigenvalue weighted by Gasteiger charge is 2.41. The van der Waals surface area contributed by atoms with E-state index in [-0.39, 0.29) is 12.1 Å². The number of hydrogen-bond donors (Lipinski definition) is 1. The van der Waals surface area contributed by atoms with Crippen LogP contribution in [0.1, 0.15) is 41.1 Å². The Morgan fingerprint density at radius 2 is 1.92 bits per heavy atom. The van der Waals surface area contributed by atoms with Crippen LogP contribution >= 0.6 is 12.2 Å². The second kappa shape index (κ2) is 11.0. The number of thiocarbonyl (C=S) groups is 1. The molecule has 2 fully saturated rings. The molecular formula is C28H35N5O2S. The van der Waals surface area contributed by atoms with Gasteiger partial charge in [0.2, 0.25) is 0 Å². The summed E-state index contributed by atoms with van der Waals surface area (Å²) in [4.78, 5) is 9.55. The van der Waals surface area contributed by atoms with Crippen LogP contribution in [0.3, 0.4) is 0 Å². The van der Waals surface area contributed by atoms with Crippen LogP contribution in [0.4, 0.5) is 0 Å². The molecule has 0 radical (unpaired) electrons. The molecule has 0 amide bonds. The van der Waals surface area contributed by atoms with Gasteiger partial charge >= 0.3 is 0 Å². The zero-order valence-corrected chi connectivity index (χ0v) is 22.1. The van der Waals surface area contributed by atoms with E-state index in [1.165, 1.54) is 17.0 Å². The van der Waals surface area contributed by atoms with Crippen LogP contribution in [0.15, 0.2) is 54.7 Å². The summed E-state index contributed by atoms with van der Waals surface area (Å²) in [6.45, 7) is 9.95. The van der Waals surface area contributed by atoms with Crippen molar-refractivity contribution in [3.63, 3.8) is 0 Å². The molecule has 2 aliphatic heterocycles. The number of methoxy groups -OCH3 is 1. The Morgan fingerprint density at radius 3 is 2.67 bits per heavy atom. The SMILES string of the molecule is COc1cccc(-n2c(C)cc([C@H]3[C@@H](c4ccccn4)NC(=S)N3CCCN3CCOCC3)c2C)c1. The number of rotatable bonds is 8. The molecule has 2 atom stereocenters. The van der Waals surface area contributed by atoms with Crippen LogP contribution < -0.4 is 10.1 Å². The molecule has 0 aliphatic carbocycles. The summed E-state index contributed by atoms with van der Waals surface area (Å²) in [6, 6.07) is 16.7. The minimum absolute atomic E-state index is 0.0126. The molecule has 190 valence electrons. The number of aryl methyl sites for hydroxylation is 1. The van der Waals surface area contributed by atoms with Gasteiger partial charge < -0.3 is 24.3 Å². The maximum atomic E-state index is 5.90. The van der Waals surface area contributed by atoms with Gasteiger partial charge in [-0.1, -0.05) is 12.1 Å². The molecule has 7 nitrogen and oxygen atoms in total. The lowest BCUT2D eigenvalue weighted by Crippen LogP contribution is -2.39. The van der Waals surface area contributed by atoms with Crippen molar-refractivity contribution >= 4 is 17.3 Å². The number of ether oxygens (including phenoxy) is 2. The van der Waals surface area contributed by atoms with Gasteiger partial charge in [0.25, 0.3) is 0 Å². The first kappa shape index (κ1) is 24.7. The second-order valence-corrected chi connectivity index (χ2v) is 9.88. The van der Waals surface area contributed by atoms with Gasteiger partial charge in [0.15, 0.2) is 5.11 Å². The van der Waals surface area contributed by atoms with Gasteiger partial charge in [0.05, 0.1) is 38.1 Å². The van der Waals surface area contributed by atoms with Crippen molar-refractivity contribution in [2.45, 2.75) is 32.4 Å². The van der Waals surface area contributed by atoms with Crippen molar-refractivity contribution in [1.29, 1.82) is 0 Å². The van der Waals surface area contributed by atoms with E-state index in [1.807, 2.05) is 30.5 Å². The molecule has 2 aromatic heterocycles. The second-order valence-electron chi connectivity index (χ2n) is 9.49. The first-order chi connectivity index (χ1) is 17.6. The average Bonchev–Trinajstić information content (AvgIpc) is 3.39. The zero-order valence-electron chi connectivity index (χ0n) is 21.3. The summed E-state index contributed by atoms with van der Waals surface area (Å²) in [5.41, 5.74) is 5.76. The van der Waals surface area contributed by atoms with Gasteiger partial charge in [-0.2, -0.15) is 0 Å². The van der Waals surface area contributed by atoms with E-state index in [0.717, 1.165) is 68.1 Å². The van der Waals surface area contributed by atoms with Crippen LogP contribution in [0.2, 0.25) is 0 Å². The van der Waals surface area contributed by atoms with E-state index in [0.29, 0.717) is 0 Å². The first-order valence-corrected chi connectivity index (χ1v) is 13.1. The fourth-order valence-electron chi connectivity index (χ4n) is 5.51. The van der Waals surface area contributed by atoms with Gasteiger partial charge in [0, 0.05) is 55.5 Å². The van der Waals surface area contributed by atoms with Crippen LogP contribution in [-0.2, 0) is 4.74 Å². The molecule has 0 spiro atoms. The number of hydrogen-bond acceptors (Lipinski definition) is 5. The van der Waals surface area contributed by atoms with Crippen LogP contribution in [0, 0.1) is 13.8 Å². The largest absolute Gasteiger partial charge is 0.497 e. The maximum Gasteiger partial charge on any atom is 0.170 e. The Balaban J connectivity index is 1.48. The Kier molecular flexibility index (Phi) is 7.55. The molecule has 2 aliphatic rings. The van der Waals surface area contributed by atoms with Gasteiger partial charge in [-0.3, -0.25) is 9.88 Å². The summed E-state index contributed by atoms with van der Waals surface area (Å²) < 4.78 is 13.3. The molecular weight excluding hydrogens is 470 g/mol. The third-order valence-electron chi connectivity index (χ3n) is 7.28. The molecule has 36 heavy (non-hydrogen) atoms. The van der Waals surface area contributed by atoms with Gasteiger partial charge in [-0.15, -0.1) is 0 Å². The van der Waals surface area contributed by atoms with Crippen molar-refractivity contribution in [3.8, 4) is 11.4 Å². The topological polar surface area (TPSA) is 54.8 Å². The third kappa shape index (κ3) is 4.98. The first-order valence-electron chi connectivity index (χ1n) is 12.7. The van der Waals surface area contributed by atoms with Crippen molar-refractivity contribution in [3.05, 3.63) is 77.4 Å². The summed E-state index contributed by atoms with van der Waals surface area (Å²) >= 11 is 5.90. The minimum atomic E-state index is -0.0126. The molecule has 1 aromatic carbocycles. The molecule has 0 saturated carbocycles. The fourth-order valence-corrected chi connectivity index (χ4v) is 5.84. The summed E-state index contributed by atoms with van der Waals surface area (Å²) in [5, 5.41) is 4.40. The number of nitrogens with zero attached hydrogens (tertiary/aromatic N) is 4. The Labute approximate surface area is 219 Å². The van der Waals surface area contributed by atoms with Crippen molar-refractivity contribution in [2.75, 3.05) is 46.5 Å². The van der Waals surface area contributed by atoms with E-state index in [2.05, 4.69) is 57.8 Å². The highest BCUT2D eigenvalue weighted by molar-refractivity contribution is 7.80. The van der Waals surface area contributed by atoms with E-state index >= 15 is 0 Å². The molecule has 0 bridgehead atoms. The maximum absolute atomic E-state index is 5.90. The normalized spacial score (nSPS) is 20.5. The number of benzene rings is 1. The van der Waals surface area contributed by atoms with Gasteiger partial charge in [-0.05, 0) is 68.4 Å². The van der Waals surface area contributed by atoms with Gasteiger partial charge in [-0.25, -0.2) is 0 Å². The molecule has 4 heterocycles. The van der Waals surface area contributed by atoms with Crippen LogP contribution in [-0.4, -0.2) is 71.0 Å². The van der Waals surface area contributed by atoms with Crippen molar-refractivity contribution in [1.82, 2.24) is 24.7 Å². The average molecular weight is 506 g/mol. The monoisotopic (exact) mass is 505 g/mol. The number of pyridine rings is 1. The van der Waals surface area contributed by atoms with Gasteiger partial charge in [0.1, 0.15) is 5.75 Å². The molecule has 8 heteroatoms. The fraction of sp³-hybridized carbons (Fsp3) is 0.429. The van der Waals surface area contributed by atoms with Crippen molar-refractivity contribution < 1.29 is 9.47 Å². The van der Waals surface area contributed by atoms with Crippen molar-refractivity contribution in [2.24, 2.45) is 0 Å². The Hall–Kier alpha value is -2.94. The lowest BCUT2D eigenvalue weighted by molar-refractivity contribution is 0.0365. The standard InChI is InChI=1S/C28H35N5O2S/c1-20-18-24(21(2)33(20)22-8-6-9-23(19-22)34-3)27-26(25-10-4-5-11-29-25)30-28(36)32(27)13-7-12-31-14-16-35-17-15-31/h4-6,8-11,18-19,26-27H,7,12-17H2,1-3H3,(H,30,36)/t26-,27+/m1/s1. The van der Waals surface area contributed by atoms with Crippen LogP contribution in [0.25, 0.3) is 5.69 Å². The van der Waals surface area contributed by atoms with E-state index in [9.17, 15) is 0 Å². The smallest absolute Gasteiger partial charge is 0.170 e. The number of aromatic nitrogens is 2. The van der Waals surface area contributed by atoms with E-state index in [1.54, 1.807) is 7.11 Å². The molecule has 2 saturated heterocycles. The third-order valence-corrected chi connectivity index (χ3v) is 7.63. The van der Waals surface area contributed by atoms with E-state index in [4.69, 9.17) is 26.7 Å². The zero-order chi connectivity index (χ0) is 25.1. The lowest BCUT2D eigenvalue weighted by atomic mass is 9.96. The molecule has 3 aromatic rings. The highest BCUT2D eigenvalue weighted by atomic mass is 32.1. The molecule has 1 N–H and O–H groups in total. The molecule has 5 rings (SSSR count).